The standard InChI is InChI=1S/C21H18N2O/c1-16-9-8-14-19(15-16)22-21(24)23-20(17-10-4-2-5-11-17)18-12-6-3-7-13-18/h2-15H,1H3,(H,22,24). The van der Waals surface area contributed by atoms with Gasteiger partial charge in [-0.25, -0.2) is 4.79 Å². The maximum atomic E-state index is 12.4. The van der Waals surface area contributed by atoms with E-state index >= 15 is 0 Å². The molecule has 24 heavy (non-hydrogen) atoms. The second-order valence-electron chi connectivity index (χ2n) is 5.49. The maximum absolute atomic E-state index is 12.4. The molecular weight excluding hydrogens is 296 g/mol. The number of nitrogens with one attached hydrogen (secondary N) is 1. The van der Waals surface area contributed by atoms with Crippen LogP contribution in [0.3, 0.4) is 0 Å². The highest BCUT2D eigenvalue weighted by Gasteiger charge is 2.09. The van der Waals surface area contributed by atoms with E-state index in [2.05, 4.69) is 10.3 Å². The van der Waals surface area contributed by atoms with Crippen LogP contribution in [0.25, 0.3) is 0 Å². The lowest BCUT2D eigenvalue weighted by Crippen LogP contribution is -2.12. The summed E-state index contributed by atoms with van der Waals surface area (Å²) in [5.41, 5.74) is 4.29. The number of aryl methyl sites for hydroxylation is 1. The number of hydrogen-bond donors (Lipinski definition) is 1. The Hall–Kier alpha value is -3.20. The van der Waals surface area contributed by atoms with Crippen molar-refractivity contribution < 1.29 is 4.79 Å². The normalized spacial score (nSPS) is 10.0. The van der Waals surface area contributed by atoms with Crippen LogP contribution in [0.5, 0.6) is 0 Å². The summed E-state index contributed by atoms with van der Waals surface area (Å²) in [7, 11) is 0. The molecule has 0 saturated heterocycles. The van der Waals surface area contributed by atoms with Crippen molar-refractivity contribution >= 4 is 17.4 Å². The Bertz CT molecular complexity index is 814. The van der Waals surface area contributed by atoms with Gasteiger partial charge < -0.3 is 5.32 Å². The van der Waals surface area contributed by atoms with Crippen molar-refractivity contribution in [1.82, 2.24) is 0 Å². The number of carbonyl (C=O) groups excluding carboxylic acids is 1. The topological polar surface area (TPSA) is 41.5 Å². The minimum absolute atomic E-state index is 0.386. The number of amides is 2. The molecule has 0 radical (unpaired) electrons. The molecule has 0 aromatic heterocycles. The van der Waals surface area contributed by atoms with Crippen molar-refractivity contribution in [3.63, 3.8) is 0 Å². The predicted octanol–water partition coefficient (Wildman–Crippen LogP) is 5.06. The summed E-state index contributed by atoms with van der Waals surface area (Å²) in [5, 5.41) is 2.83. The van der Waals surface area contributed by atoms with Gasteiger partial charge in [-0.1, -0.05) is 72.8 Å². The number of aliphatic imine (C=N–C) groups is 1. The number of nitrogens with zero attached hydrogens (tertiary/aromatic N) is 1. The fourth-order valence-electron chi connectivity index (χ4n) is 2.46. The number of benzene rings is 3. The molecule has 3 nitrogen and oxygen atoms in total. The van der Waals surface area contributed by atoms with Gasteiger partial charge in [0.25, 0.3) is 0 Å². The summed E-state index contributed by atoms with van der Waals surface area (Å²) in [5.74, 6) is 0. The first kappa shape index (κ1) is 15.7. The summed E-state index contributed by atoms with van der Waals surface area (Å²) in [6.07, 6.45) is 0. The lowest BCUT2D eigenvalue weighted by atomic mass is 10.0. The zero-order chi connectivity index (χ0) is 16.8. The van der Waals surface area contributed by atoms with Crippen molar-refractivity contribution in [2.24, 2.45) is 4.99 Å². The highest BCUT2D eigenvalue weighted by molar-refractivity contribution is 6.17. The lowest BCUT2D eigenvalue weighted by Gasteiger charge is -2.08. The monoisotopic (exact) mass is 314 g/mol. The predicted molar refractivity (Wildman–Crippen MR) is 98.7 cm³/mol. The third-order valence-corrected chi connectivity index (χ3v) is 3.58. The molecule has 3 heteroatoms. The third-order valence-electron chi connectivity index (χ3n) is 3.58. The summed E-state index contributed by atoms with van der Waals surface area (Å²) < 4.78 is 0. The highest BCUT2D eigenvalue weighted by Crippen LogP contribution is 2.13. The van der Waals surface area contributed by atoms with Gasteiger partial charge in [-0.15, -0.1) is 0 Å². The second kappa shape index (κ2) is 7.38. The molecule has 0 aliphatic carbocycles. The number of urea groups is 1. The molecule has 0 bridgehead atoms. The Morgan fingerprint density at radius 2 is 1.38 bits per heavy atom. The van der Waals surface area contributed by atoms with Crippen LogP contribution in [0.4, 0.5) is 10.5 Å². The number of carbonyl (C=O) groups is 1. The van der Waals surface area contributed by atoms with Crippen LogP contribution in [-0.2, 0) is 0 Å². The van der Waals surface area contributed by atoms with E-state index in [0.29, 0.717) is 5.71 Å². The van der Waals surface area contributed by atoms with Crippen LogP contribution in [0, 0.1) is 6.92 Å². The molecule has 0 saturated carbocycles. The van der Waals surface area contributed by atoms with E-state index in [1.54, 1.807) is 0 Å². The van der Waals surface area contributed by atoms with Crippen LogP contribution in [-0.4, -0.2) is 11.7 Å². The molecule has 118 valence electrons. The van der Waals surface area contributed by atoms with Gasteiger partial charge in [0.15, 0.2) is 0 Å². The van der Waals surface area contributed by atoms with E-state index in [1.807, 2.05) is 91.9 Å². The molecule has 1 N–H and O–H groups in total. The summed E-state index contributed by atoms with van der Waals surface area (Å²) in [6.45, 7) is 1.98. The molecule has 0 heterocycles. The maximum Gasteiger partial charge on any atom is 0.345 e. The molecule has 0 atom stereocenters. The van der Waals surface area contributed by atoms with Gasteiger partial charge in [-0.2, -0.15) is 4.99 Å². The second-order valence-corrected chi connectivity index (χ2v) is 5.49. The van der Waals surface area contributed by atoms with Crippen LogP contribution < -0.4 is 5.32 Å². The molecule has 0 unspecified atom stereocenters. The molecule has 0 aliphatic rings. The largest absolute Gasteiger partial charge is 0.345 e. The quantitative estimate of drug-likeness (QED) is 0.674. The van der Waals surface area contributed by atoms with E-state index in [1.165, 1.54) is 0 Å². The highest BCUT2D eigenvalue weighted by atomic mass is 16.2. The zero-order valence-corrected chi connectivity index (χ0v) is 13.4. The summed E-state index contributed by atoms with van der Waals surface area (Å²) in [4.78, 5) is 16.7. The number of rotatable bonds is 3. The summed E-state index contributed by atoms with van der Waals surface area (Å²) in [6, 6.07) is 26.7. The van der Waals surface area contributed by atoms with Gasteiger partial charge >= 0.3 is 6.03 Å². The average Bonchev–Trinajstić information content (AvgIpc) is 2.61. The van der Waals surface area contributed by atoms with Crippen molar-refractivity contribution in [2.45, 2.75) is 6.92 Å². The molecule has 0 spiro atoms. The molecule has 3 rings (SSSR count). The fourth-order valence-corrected chi connectivity index (χ4v) is 2.46. The molecule has 3 aromatic carbocycles. The van der Waals surface area contributed by atoms with Gasteiger partial charge in [0.2, 0.25) is 0 Å². The van der Waals surface area contributed by atoms with Gasteiger partial charge in [0.1, 0.15) is 0 Å². The van der Waals surface area contributed by atoms with E-state index in [-0.39, 0.29) is 6.03 Å². The zero-order valence-electron chi connectivity index (χ0n) is 13.4. The number of anilines is 1. The fraction of sp³-hybridized carbons (Fsp3) is 0.0476. The first-order valence-corrected chi connectivity index (χ1v) is 7.79. The van der Waals surface area contributed by atoms with E-state index in [0.717, 1.165) is 22.4 Å². The molecule has 0 fully saturated rings. The molecular formula is C21H18N2O. The first-order valence-electron chi connectivity index (χ1n) is 7.79. The molecule has 3 aromatic rings. The molecule has 2 amide bonds. The van der Waals surface area contributed by atoms with E-state index < -0.39 is 0 Å². The van der Waals surface area contributed by atoms with E-state index in [9.17, 15) is 4.79 Å². The Morgan fingerprint density at radius 1 is 0.792 bits per heavy atom. The first-order chi connectivity index (χ1) is 11.7. The van der Waals surface area contributed by atoms with Crippen molar-refractivity contribution in [3.05, 3.63) is 102 Å². The Kier molecular flexibility index (Phi) is 4.82. The van der Waals surface area contributed by atoms with E-state index in [4.69, 9.17) is 0 Å². The average molecular weight is 314 g/mol. The van der Waals surface area contributed by atoms with Crippen LogP contribution in [0.15, 0.2) is 89.9 Å². The Morgan fingerprint density at radius 3 is 1.92 bits per heavy atom. The van der Waals surface area contributed by atoms with Gasteiger partial charge in [-0.3, -0.25) is 0 Å². The van der Waals surface area contributed by atoms with Crippen molar-refractivity contribution in [1.29, 1.82) is 0 Å². The smallest absolute Gasteiger partial charge is 0.306 e. The van der Waals surface area contributed by atoms with Crippen LogP contribution >= 0.6 is 0 Å². The number of hydrogen-bond acceptors (Lipinski definition) is 1. The lowest BCUT2D eigenvalue weighted by molar-refractivity contribution is 0.259. The van der Waals surface area contributed by atoms with Crippen LogP contribution in [0.2, 0.25) is 0 Å². The van der Waals surface area contributed by atoms with Gasteiger partial charge in [0.05, 0.1) is 5.71 Å². The van der Waals surface area contributed by atoms with Crippen LogP contribution in [0.1, 0.15) is 16.7 Å². The third kappa shape index (κ3) is 3.96. The summed E-state index contributed by atoms with van der Waals surface area (Å²) >= 11 is 0. The van der Waals surface area contributed by atoms with Gasteiger partial charge in [-0.05, 0) is 24.6 Å². The Labute approximate surface area is 141 Å². The van der Waals surface area contributed by atoms with Gasteiger partial charge in [0, 0.05) is 16.8 Å². The van der Waals surface area contributed by atoms with Crippen molar-refractivity contribution in [3.8, 4) is 0 Å². The molecule has 0 aliphatic heterocycles. The SMILES string of the molecule is Cc1cccc(NC(=O)N=C(c2ccccc2)c2ccccc2)c1. The Balaban J connectivity index is 1.93. The van der Waals surface area contributed by atoms with Crippen molar-refractivity contribution in [2.75, 3.05) is 5.32 Å². The minimum Gasteiger partial charge on any atom is -0.306 e. The minimum atomic E-state index is -0.386.